The van der Waals surface area contributed by atoms with Gasteiger partial charge in [0.15, 0.2) is 0 Å². The fraction of sp³-hybridized carbons (Fsp3) is 0.0667. The first-order chi connectivity index (χ1) is 10.2. The highest BCUT2D eigenvalue weighted by Gasteiger charge is 2.17. The molecule has 0 unspecified atom stereocenters. The molecule has 0 atom stereocenters. The van der Waals surface area contributed by atoms with Crippen LogP contribution in [0.15, 0.2) is 35.1 Å². The lowest BCUT2D eigenvalue weighted by molar-refractivity contribution is 0.0693. The van der Waals surface area contributed by atoms with Crippen LogP contribution in [-0.2, 0) is 0 Å². The summed E-state index contributed by atoms with van der Waals surface area (Å²) < 4.78 is 10.2. The van der Waals surface area contributed by atoms with Crippen molar-refractivity contribution in [3.8, 4) is 5.75 Å². The van der Waals surface area contributed by atoms with Gasteiger partial charge in [-0.05, 0) is 30.4 Å². The standard InChI is InChI=1S/C15H12N2O4/c1-20-14-10(15(18)19)3-5-12-13(14)11(16-17-12)4-2-9-6-7-21-8-9/h2-8H,1H3,(H,16,17)(H,18,19). The van der Waals surface area contributed by atoms with Crippen LogP contribution < -0.4 is 4.74 Å². The molecular formula is C15H12N2O4. The number of rotatable bonds is 4. The van der Waals surface area contributed by atoms with E-state index >= 15 is 0 Å². The zero-order chi connectivity index (χ0) is 14.8. The number of carbonyl (C=O) groups is 1. The molecule has 106 valence electrons. The van der Waals surface area contributed by atoms with Gasteiger partial charge in [-0.2, -0.15) is 5.10 Å². The number of benzene rings is 1. The maximum atomic E-state index is 11.3. The third kappa shape index (κ3) is 2.27. The topological polar surface area (TPSA) is 88.4 Å². The van der Waals surface area contributed by atoms with Crippen molar-refractivity contribution in [3.05, 3.63) is 47.5 Å². The Kier molecular flexibility index (Phi) is 3.19. The largest absolute Gasteiger partial charge is 0.495 e. The number of carboxylic acids is 1. The molecule has 21 heavy (non-hydrogen) atoms. The minimum Gasteiger partial charge on any atom is -0.495 e. The molecule has 0 saturated carbocycles. The van der Waals surface area contributed by atoms with E-state index in [1.54, 1.807) is 24.7 Å². The van der Waals surface area contributed by atoms with Crippen molar-refractivity contribution in [1.82, 2.24) is 10.2 Å². The molecule has 0 spiro atoms. The Labute approximate surface area is 119 Å². The normalized spacial score (nSPS) is 11.3. The molecule has 6 heteroatoms. The minimum atomic E-state index is -1.04. The quantitative estimate of drug-likeness (QED) is 0.768. The third-order valence-corrected chi connectivity index (χ3v) is 3.12. The number of aromatic nitrogens is 2. The van der Waals surface area contributed by atoms with Crippen LogP contribution in [0.4, 0.5) is 0 Å². The van der Waals surface area contributed by atoms with Crippen molar-refractivity contribution in [2.75, 3.05) is 7.11 Å². The molecule has 3 rings (SSSR count). The predicted octanol–water partition coefficient (Wildman–Crippen LogP) is 3.03. The molecular weight excluding hydrogens is 272 g/mol. The molecule has 2 aromatic heterocycles. The number of nitrogens with zero attached hydrogens (tertiary/aromatic N) is 1. The first kappa shape index (κ1) is 13.0. The number of H-pyrrole nitrogens is 1. The Morgan fingerprint density at radius 2 is 2.24 bits per heavy atom. The number of methoxy groups -OCH3 is 1. The van der Waals surface area contributed by atoms with Crippen LogP contribution in [0.1, 0.15) is 21.6 Å². The maximum Gasteiger partial charge on any atom is 0.339 e. The Hall–Kier alpha value is -3.02. The second-order valence-corrected chi connectivity index (χ2v) is 4.37. The van der Waals surface area contributed by atoms with Gasteiger partial charge in [0.1, 0.15) is 11.3 Å². The second kappa shape index (κ2) is 5.16. The Bertz CT molecular complexity index is 816. The van der Waals surface area contributed by atoms with Gasteiger partial charge >= 0.3 is 5.97 Å². The molecule has 0 aliphatic rings. The van der Waals surface area contributed by atoms with Crippen molar-refractivity contribution in [3.63, 3.8) is 0 Å². The maximum absolute atomic E-state index is 11.3. The highest BCUT2D eigenvalue weighted by Crippen LogP contribution is 2.32. The van der Waals surface area contributed by atoms with Crippen molar-refractivity contribution in [2.24, 2.45) is 0 Å². The summed E-state index contributed by atoms with van der Waals surface area (Å²) in [5, 5.41) is 16.9. The SMILES string of the molecule is COc1c(C(=O)O)ccc2[nH]nc(C=Cc3ccoc3)c12. The Balaban J connectivity index is 2.15. The fourth-order valence-corrected chi connectivity index (χ4v) is 2.15. The number of aromatic carboxylic acids is 1. The van der Waals surface area contributed by atoms with E-state index in [4.69, 9.17) is 9.15 Å². The summed E-state index contributed by atoms with van der Waals surface area (Å²) >= 11 is 0. The number of ether oxygens (including phenoxy) is 1. The number of aromatic amines is 1. The molecule has 0 radical (unpaired) electrons. The molecule has 2 heterocycles. The summed E-state index contributed by atoms with van der Waals surface area (Å²) in [6.45, 7) is 0. The first-order valence-electron chi connectivity index (χ1n) is 6.19. The summed E-state index contributed by atoms with van der Waals surface area (Å²) in [5.74, 6) is -0.750. The van der Waals surface area contributed by atoms with Gasteiger partial charge in [-0.15, -0.1) is 0 Å². The molecule has 0 amide bonds. The highest BCUT2D eigenvalue weighted by molar-refractivity contribution is 6.02. The Morgan fingerprint density at radius 3 is 2.90 bits per heavy atom. The molecule has 1 aromatic carbocycles. The van der Waals surface area contributed by atoms with Crippen LogP contribution in [0.3, 0.4) is 0 Å². The van der Waals surface area contributed by atoms with Crippen molar-refractivity contribution < 1.29 is 19.1 Å². The van der Waals surface area contributed by atoms with Gasteiger partial charge in [-0.1, -0.05) is 0 Å². The first-order valence-corrected chi connectivity index (χ1v) is 6.19. The predicted molar refractivity (Wildman–Crippen MR) is 77.2 cm³/mol. The zero-order valence-electron chi connectivity index (χ0n) is 11.2. The average molecular weight is 284 g/mol. The number of nitrogens with one attached hydrogen (secondary N) is 1. The lowest BCUT2D eigenvalue weighted by atomic mass is 10.1. The summed E-state index contributed by atoms with van der Waals surface area (Å²) in [4.78, 5) is 11.3. The van der Waals surface area contributed by atoms with Crippen molar-refractivity contribution in [2.45, 2.75) is 0 Å². The summed E-state index contributed by atoms with van der Waals surface area (Å²) in [7, 11) is 1.44. The van der Waals surface area contributed by atoms with E-state index in [2.05, 4.69) is 10.2 Å². The highest BCUT2D eigenvalue weighted by atomic mass is 16.5. The number of hydrogen-bond donors (Lipinski definition) is 2. The van der Waals surface area contributed by atoms with E-state index in [1.165, 1.54) is 13.2 Å². The van der Waals surface area contributed by atoms with E-state index in [-0.39, 0.29) is 5.56 Å². The molecule has 3 aromatic rings. The summed E-state index contributed by atoms with van der Waals surface area (Å²) in [6, 6.07) is 4.97. The molecule has 0 saturated heterocycles. The van der Waals surface area contributed by atoms with E-state index in [1.807, 2.05) is 12.1 Å². The number of fused-ring (bicyclic) bond motifs is 1. The van der Waals surface area contributed by atoms with Gasteiger partial charge < -0.3 is 14.3 Å². The number of hydrogen-bond acceptors (Lipinski definition) is 4. The third-order valence-electron chi connectivity index (χ3n) is 3.12. The minimum absolute atomic E-state index is 0.101. The van der Waals surface area contributed by atoms with Gasteiger partial charge in [0.25, 0.3) is 0 Å². The fourth-order valence-electron chi connectivity index (χ4n) is 2.15. The van der Waals surface area contributed by atoms with E-state index in [0.717, 1.165) is 5.56 Å². The van der Waals surface area contributed by atoms with Crippen molar-refractivity contribution in [1.29, 1.82) is 0 Å². The van der Waals surface area contributed by atoms with Crippen LogP contribution in [0, 0.1) is 0 Å². The van der Waals surface area contributed by atoms with Crippen molar-refractivity contribution >= 4 is 29.0 Å². The molecule has 6 nitrogen and oxygen atoms in total. The van der Waals surface area contributed by atoms with Crippen LogP contribution in [0.25, 0.3) is 23.1 Å². The number of carboxylic acid groups (broad SMARTS) is 1. The lowest BCUT2D eigenvalue weighted by Gasteiger charge is -2.06. The lowest BCUT2D eigenvalue weighted by Crippen LogP contribution is -2.00. The molecule has 0 aliphatic heterocycles. The summed E-state index contributed by atoms with van der Waals surface area (Å²) in [5.41, 5.74) is 2.30. The smallest absolute Gasteiger partial charge is 0.339 e. The van der Waals surface area contributed by atoms with Gasteiger partial charge in [-0.3, -0.25) is 5.10 Å². The van der Waals surface area contributed by atoms with E-state index < -0.39 is 5.97 Å². The van der Waals surface area contributed by atoms with Crippen LogP contribution in [-0.4, -0.2) is 28.4 Å². The molecule has 0 aliphatic carbocycles. The van der Waals surface area contributed by atoms with Gasteiger partial charge in [0.2, 0.25) is 0 Å². The average Bonchev–Trinajstić information content (AvgIpc) is 3.13. The van der Waals surface area contributed by atoms with E-state index in [9.17, 15) is 9.90 Å². The monoisotopic (exact) mass is 284 g/mol. The van der Waals surface area contributed by atoms with Crippen LogP contribution in [0.5, 0.6) is 5.75 Å². The summed E-state index contributed by atoms with van der Waals surface area (Å²) in [6.07, 6.45) is 6.78. The Morgan fingerprint density at radius 1 is 1.38 bits per heavy atom. The second-order valence-electron chi connectivity index (χ2n) is 4.37. The molecule has 2 N–H and O–H groups in total. The molecule has 0 fully saturated rings. The zero-order valence-corrected chi connectivity index (χ0v) is 11.2. The molecule has 0 bridgehead atoms. The van der Waals surface area contributed by atoms with Crippen LogP contribution >= 0.6 is 0 Å². The van der Waals surface area contributed by atoms with Gasteiger partial charge in [0, 0.05) is 5.56 Å². The van der Waals surface area contributed by atoms with E-state index in [0.29, 0.717) is 22.3 Å². The number of furan rings is 1. The van der Waals surface area contributed by atoms with Gasteiger partial charge in [-0.25, -0.2) is 4.79 Å². The van der Waals surface area contributed by atoms with Crippen LogP contribution in [0.2, 0.25) is 0 Å². The van der Waals surface area contributed by atoms with Gasteiger partial charge in [0.05, 0.1) is 36.2 Å².